The summed E-state index contributed by atoms with van der Waals surface area (Å²) in [7, 11) is 1.99. The van der Waals surface area contributed by atoms with E-state index in [0.717, 1.165) is 28.2 Å². The summed E-state index contributed by atoms with van der Waals surface area (Å²) in [6.45, 7) is 9.04. The molecule has 0 N–H and O–H groups in total. The van der Waals surface area contributed by atoms with Crippen LogP contribution in [0.2, 0.25) is 0 Å². The topological polar surface area (TPSA) is 39.4 Å². The molecule has 0 bridgehead atoms. The normalized spacial score (nSPS) is 15.2. The number of aryl methyl sites for hydroxylation is 1. The third-order valence-corrected chi connectivity index (χ3v) is 3.72. The van der Waals surface area contributed by atoms with Gasteiger partial charge in [-0.05, 0) is 6.92 Å². The van der Waals surface area contributed by atoms with Crippen molar-refractivity contribution in [2.75, 3.05) is 6.61 Å². The first kappa shape index (κ1) is 13.9. The Bertz CT molecular complexity index is 720. The lowest BCUT2D eigenvalue weighted by molar-refractivity contribution is 0.159. The fourth-order valence-electron chi connectivity index (χ4n) is 2.84. The van der Waals surface area contributed by atoms with Crippen LogP contribution in [0.15, 0.2) is 29.4 Å². The summed E-state index contributed by atoms with van der Waals surface area (Å²) in [5.74, 6) is 0. The number of aromatic nitrogens is 2. The predicted octanol–water partition coefficient (Wildman–Crippen LogP) is 3.49. The fourth-order valence-corrected chi connectivity index (χ4v) is 2.84. The predicted molar refractivity (Wildman–Crippen MR) is 84.6 cm³/mol. The molecule has 21 heavy (non-hydrogen) atoms. The zero-order valence-electron chi connectivity index (χ0n) is 13.3. The molecule has 0 unspecified atom stereocenters. The van der Waals surface area contributed by atoms with Crippen molar-refractivity contribution in [3.8, 4) is 11.3 Å². The van der Waals surface area contributed by atoms with E-state index >= 15 is 0 Å². The van der Waals surface area contributed by atoms with Gasteiger partial charge in [0.1, 0.15) is 12.3 Å². The van der Waals surface area contributed by atoms with Gasteiger partial charge in [0.15, 0.2) is 0 Å². The molecular formula is C17H21N3O. The highest BCUT2D eigenvalue weighted by atomic mass is 16.6. The molecule has 0 saturated carbocycles. The van der Waals surface area contributed by atoms with Crippen molar-refractivity contribution in [2.24, 2.45) is 12.2 Å². The Morgan fingerprint density at radius 2 is 1.86 bits per heavy atom. The van der Waals surface area contributed by atoms with E-state index in [0.29, 0.717) is 6.61 Å². The largest absolute Gasteiger partial charge is 0.396 e. The highest BCUT2D eigenvalue weighted by molar-refractivity contribution is 6.24. The third kappa shape index (κ3) is 2.06. The molecule has 1 aliphatic rings. The van der Waals surface area contributed by atoms with E-state index in [1.165, 1.54) is 5.56 Å². The Balaban J connectivity index is 2.32. The van der Waals surface area contributed by atoms with E-state index < -0.39 is 0 Å². The minimum atomic E-state index is -0.0413. The van der Waals surface area contributed by atoms with Gasteiger partial charge in [0.05, 0.1) is 17.0 Å². The summed E-state index contributed by atoms with van der Waals surface area (Å²) in [5.41, 5.74) is 6.47. The molecule has 3 rings (SSSR count). The molecule has 1 heterocycles. The first-order valence-corrected chi connectivity index (χ1v) is 7.32. The second kappa shape index (κ2) is 4.72. The number of rotatable bonds is 2. The van der Waals surface area contributed by atoms with E-state index in [-0.39, 0.29) is 5.41 Å². The average molecular weight is 283 g/mol. The minimum Gasteiger partial charge on any atom is -0.396 e. The zero-order chi connectivity index (χ0) is 15.2. The molecule has 1 aromatic heterocycles. The Labute approximate surface area is 125 Å². The molecule has 0 aliphatic heterocycles. The Morgan fingerprint density at radius 1 is 1.19 bits per heavy atom. The van der Waals surface area contributed by atoms with Crippen LogP contribution < -0.4 is 0 Å². The van der Waals surface area contributed by atoms with E-state index in [4.69, 9.17) is 9.94 Å². The molecule has 2 aromatic rings. The van der Waals surface area contributed by atoms with Gasteiger partial charge in [-0.15, -0.1) is 0 Å². The number of benzene rings is 1. The first-order valence-electron chi connectivity index (χ1n) is 7.32. The Kier molecular flexibility index (Phi) is 3.12. The van der Waals surface area contributed by atoms with Crippen molar-refractivity contribution in [1.29, 1.82) is 0 Å². The molecular weight excluding hydrogens is 262 g/mol. The second-order valence-corrected chi connectivity index (χ2v) is 6.35. The number of fused-ring (bicyclic) bond motifs is 3. The van der Waals surface area contributed by atoms with Gasteiger partial charge in [-0.1, -0.05) is 50.2 Å². The van der Waals surface area contributed by atoms with Crippen LogP contribution in [0.4, 0.5) is 0 Å². The van der Waals surface area contributed by atoms with E-state index in [1.807, 2.05) is 24.7 Å². The van der Waals surface area contributed by atoms with Crippen molar-refractivity contribution >= 4 is 5.71 Å². The van der Waals surface area contributed by atoms with Gasteiger partial charge in [-0.3, -0.25) is 4.68 Å². The van der Waals surface area contributed by atoms with E-state index in [9.17, 15) is 0 Å². The maximum absolute atomic E-state index is 5.36. The molecule has 0 saturated heterocycles. The van der Waals surface area contributed by atoms with Gasteiger partial charge in [-0.2, -0.15) is 5.10 Å². The molecule has 4 heteroatoms. The van der Waals surface area contributed by atoms with E-state index in [2.05, 4.69) is 44.1 Å². The van der Waals surface area contributed by atoms with Crippen LogP contribution in [-0.4, -0.2) is 22.1 Å². The SMILES string of the molecule is CCO/N=C1\c2ccccc2-c2c1c(C(C)(C)C)nn2C. The summed E-state index contributed by atoms with van der Waals surface area (Å²) < 4.78 is 1.96. The second-order valence-electron chi connectivity index (χ2n) is 6.35. The Morgan fingerprint density at radius 3 is 2.48 bits per heavy atom. The lowest BCUT2D eigenvalue weighted by Crippen LogP contribution is -2.17. The van der Waals surface area contributed by atoms with Gasteiger partial charge in [-0.25, -0.2) is 0 Å². The van der Waals surface area contributed by atoms with Gasteiger partial charge < -0.3 is 4.84 Å². The molecule has 1 aromatic carbocycles. The number of nitrogens with zero attached hydrogens (tertiary/aromatic N) is 3. The minimum absolute atomic E-state index is 0.0413. The highest BCUT2D eigenvalue weighted by Gasteiger charge is 2.36. The quantitative estimate of drug-likeness (QED) is 0.675. The first-order chi connectivity index (χ1) is 9.95. The average Bonchev–Trinajstić information content (AvgIpc) is 2.93. The molecule has 0 amide bonds. The highest BCUT2D eigenvalue weighted by Crippen LogP contribution is 2.41. The monoisotopic (exact) mass is 283 g/mol. The molecule has 0 fully saturated rings. The summed E-state index contributed by atoms with van der Waals surface area (Å²) in [6, 6.07) is 8.31. The standard InChI is InChI=1S/C17H21N3O/c1-6-21-19-14-11-9-7-8-10-12(11)15-13(14)16(17(2,3)4)18-20(15)5/h7-10H,6H2,1-5H3/b19-14+. The maximum Gasteiger partial charge on any atom is 0.122 e. The fraction of sp³-hybridized carbons (Fsp3) is 0.412. The van der Waals surface area contributed by atoms with Gasteiger partial charge in [0.25, 0.3) is 0 Å². The van der Waals surface area contributed by atoms with Crippen molar-refractivity contribution < 1.29 is 4.84 Å². The summed E-state index contributed by atoms with van der Waals surface area (Å²) in [4.78, 5) is 5.36. The molecule has 4 nitrogen and oxygen atoms in total. The molecule has 110 valence electrons. The molecule has 1 aliphatic carbocycles. The lowest BCUT2D eigenvalue weighted by Gasteiger charge is -2.17. The van der Waals surface area contributed by atoms with Crippen molar-refractivity contribution in [3.05, 3.63) is 41.1 Å². The Hall–Kier alpha value is -2.10. The number of hydrogen-bond donors (Lipinski definition) is 0. The maximum atomic E-state index is 5.36. The zero-order valence-corrected chi connectivity index (χ0v) is 13.3. The summed E-state index contributed by atoms with van der Waals surface area (Å²) in [6.07, 6.45) is 0. The van der Waals surface area contributed by atoms with Crippen LogP contribution in [0.25, 0.3) is 11.3 Å². The summed E-state index contributed by atoms with van der Waals surface area (Å²) >= 11 is 0. The van der Waals surface area contributed by atoms with E-state index in [1.54, 1.807) is 0 Å². The van der Waals surface area contributed by atoms with Crippen LogP contribution in [-0.2, 0) is 17.3 Å². The van der Waals surface area contributed by atoms with Crippen molar-refractivity contribution in [1.82, 2.24) is 9.78 Å². The van der Waals surface area contributed by atoms with Gasteiger partial charge in [0, 0.05) is 23.6 Å². The lowest BCUT2D eigenvalue weighted by atomic mass is 9.88. The smallest absolute Gasteiger partial charge is 0.122 e. The van der Waals surface area contributed by atoms with Crippen LogP contribution in [0.3, 0.4) is 0 Å². The summed E-state index contributed by atoms with van der Waals surface area (Å²) in [5, 5.41) is 9.12. The molecule has 0 atom stereocenters. The number of hydrogen-bond acceptors (Lipinski definition) is 3. The van der Waals surface area contributed by atoms with Gasteiger partial charge in [0.2, 0.25) is 0 Å². The van der Waals surface area contributed by atoms with Gasteiger partial charge >= 0.3 is 0 Å². The third-order valence-electron chi connectivity index (χ3n) is 3.72. The van der Waals surface area contributed by atoms with Crippen LogP contribution in [0, 0.1) is 0 Å². The van der Waals surface area contributed by atoms with Crippen LogP contribution in [0.5, 0.6) is 0 Å². The van der Waals surface area contributed by atoms with Crippen molar-refractivity contribution in [3.63, 3.8) is 0 Å². The van der Waals surface area contributed by atoms with Crippen LogP contribution >= 0.6 is 0 Å². The molecule has 0 radical (unpaired) electrons. The number of oxime groups is 1. The van der Waals surface area contributed by atoms with Crippen LogP contribution in [0.1, 0.15) is 44.5 Å². The van der Waals surface area contributed by atoms with Crippen molar-refractivity contribution in [2.45, 2.75) is 33.1 Å². The molecule has 0 spiro atoms.